The van der Waals surface area contributed by atoms with E-state index in [1.54, 1.807) is 0 Å². The average Bonchev–Trinajstić information content (AvgIpc) is 3.86. The highest BCUT2D eigenvalue weighted by atomic mass is 35.7. The van der Waals surface area contributed by atoms with Gasteiger partial charge in [-0.15, -0.1) is 10.2 Å². The van der Waals surface area contributed by atoms with E-state index in [2.05, 4.69) is 214 Å². The summed E-state index contributed by atoms with van der Waals surface area (Å²) >= 11 is 0. The van der Waals surface area contributed by atoms with Crippen LogP contribution in [0, 0.1) is 10.2 Å². The number of benzene rings is 6. The summed E-state index contributed by atoms with van der Waals surface area (Å²) < 4.78 is 36.5. The summed E-state index contributed by atoms with van der Waals surface area (Å²) in [6.45, 7) is 16.3. The number of nitrogens with zero attached hydrogens (tertiary/aromatic N) is 3. The maximum absolute atomic E-state index is 8.49. The maximum Gasteiger partial charge on any atom is 0.218 e. The molecule has 8 heteroatoms. The zero-order chi connectivity index (χ0) is 45.9. The Labute approximate surface area is 387 Å². The van der Waals surface area contributed by atoms with Crippen LogP contribution in [0.2, 0.25) is 0 Å². The molecule has 2 heterocycles. The highest BCUT2D eigenvalue weighted by Crippen LogP contribution is 2.52. The molecule has 6 aromatic rings. The minimum absolute atomic E-state index is 0.156. The van der Waals surface area contributed by atoms with Crippen LogP contribution in [0.3, 0.4) is 0 Å². The molecule has 2 aliphatic heterocycles. The van der Waals surface area contributed by atoms with Gasteiger partial charge in [0.1, 0.15) is 0 Å². The molecule has 334 valence electrons. The summed E-state index contributed by atoms with van der Waals surface area (Å²) in [6, 6.07) is 49.2. The number of rotatable bonds is 10. The third-order valence-electron chi connectivity index (χ3n) is 13.4. The summed E-state index contributed by atoms with van der Waals surface area (Å²) in [6.07, 6.45) is 16.5. The molecule has 1 saturated carbocycles. The van der Waals surface area contributed by atoms with E-state index >= 15 is 0 Å². The van der Waals surface area contributed by atoms with Crippen LogP contribution in [0.5, 0.6) is 0 Å². The van der Waals surface area contributed by atoms with Crippen molar-refractivity contribution in [2.45, 2.75) is 90.9 Å². The fourth-order valence-corrected chi connectivity index (χ4v) is 10.4. The lowest BCUT2D eigenvalue weighted by Crippen LogP contribution is -2.68. The van der Waals surface area contributed by atoms with Crippen molar-refractivity contribution in [2.75, 3.05) is 22.9 Å². The smallest absolute Gasteiger partial charge is 0.218 e. The Kier molecular flexibility index (Phi) is 13.4. The molecule has 7 nitrogen and oxygen atoms in total. The third-order valence-corrected chi connectivity index (χ3v) is 13.4. The molecule has 6 aromatic carbocycles. The summed E-state index contributed by atoms with van der Waals surface area (Å²) in [5.41, 5.74) is 14.4. The highest BCUT2D eigenvalue weighted by molar-refractivity contribution is 6.17. The van der Waals surface area contributed by atoms with Gasteiger partial charge in [0.25, 0.3) is 0 Å². The second-order valence-corrected chi connectivity index (χ2v) is 19.1. The van der Waals surface area contributed by atoms with Gasteiger partial charge in [-0.2, -0.15) is 4.58 Å². The molecule has 0 amide bonds. The summed E-state index contributed by atoms with van der Waals surface area (Å²) in [4.78, 5) is 5.25. The summed E-state index contributed by atoms with van der Waals surface area (Å²) in [5, 5.41) is 5.35. The molecule has 0 radical (unpaired) electrons. The van der Waals surface area contributed by atoms with E-state index in [1.165, 1.54) is 83.7 Å². The maximum atomic E-state index is 8.49. The van der Waals surface area contributed by atoms with E-state index in [4.69, 9.17) is 18.6 Å². The highest BCUT2D eigenvalue weighted by Gasteiger charge is 2.43. The lowest BCUT2D eigenvalue weighted by molar-refractivity contribution is -2.00. The lowest BCUT2D eigenvalue weighted by Gasteiger charge is -2.27. The second kappa shape index (κ2) is 19.0. The standard InChI is InChI=1S/C57H60N3.ClHO4/c1-7-9-39-58-49-35-31-41-21-17-19-27-47(41)53(49)56(3,4)51(58)37-33-43-29-30-44(55(43)60(45-23-13-11-14-24-45)46-25-15-12-16-26-46)34-38-52-57(5,6)54-48-28-20-18-22-42(48)32-36-50(54)59(52)40-10-8-2;2-1(3,4)5/h11-28,31-38H,7-10,29-30,39-40H2,1-6H3;(H,2,3,4,5)/q+1;/p-1. The molecule has 1 aliphatic carbocycles. The Morgan fingerprint density at radius 3 is 1.26 bits per heavy atom. The minimum atomic E-state index is -4.94. The molecule has 3 aliphatic rings. The molecular weight excluding hydrogens is 826 g/mol. The number of para-hydroxylation sites is 2. The van der Waals surface area contributed by atoms with E-state index < -0.39 is 10.2 Å². The Bertz CT molecular complexity index is 2660. The van der Waals surface area contributed by atoms with Gasteiger partial charge >= 0.3 is 0 Å². The topological polar surface area (TPSA) is 102 Å². The van der Waals surface area contributed by atoms with Gasteiger partial charge in [-0.1, -0.05) is 164 Å². The van der Waals surface area contributed by atoms with Gasteiger partial charge < -0.3 is 9.80 Å². The second-order valence-electron chi connectivity index (χ2n) is 18.3. The predicted molar refractivity (Wildman–Crippen MR) is 259 cm³/mol. The van der Waals surface area contributed by atoms with Crippen LogP contribution in [0.25, 0.3) is 21.5 Å². The lowest BCUT2D eigenvalue weighted by atomic mass is 9.81. The molecule has 0 saturated heterocycles. The molecule has 0 spiro atoms. The zero-order valence-corrected chi connectivity index (χ0v) is 39.3. The Balaban J connectivity index is 0.00000109. The molecular formula is C57H60ClN3O4. The van der Waals surface area contributed by atoms with E-state index in [9.17, 15) is 0 Å². The van der Waals surface area contributed by atoms with Gasteiger partial charge in [0.2, 0.25) is 17.1 Å². The number of hydrogen-bond donors (Lipinski definition) is 0. The van der Waals surface area contributed by atoms with Crippen molar-refractivity contribution >= 4 is 50.0 Å². The number of allylic oxidation sites excluding steroid dienone is 8. The van der Waals surface area contributed by atoms with Gasteiger partial charge in [0.05, 0.1) is 0 Å². The van der Waals surface area contributed by atoms with Gasteiger partial charge in [0, 0.05) is 82.1 Å². The third kappa shape index (κ3) is 9.22. The molecule has 0 N–H and O–H groups in total. The van der Waals surface area contributed by atoms with Crippen LogP contribution in [-0.4, -0.2) is 18.8 Å². The minimum Gasteiger partial charge on any atom is -0.344 e. The van der Waals surface area contributed by atoms with Crippen LogP contribution in [0.15, 0.2) is 180 Å². The van der Waals surface area contributed by atoms with Crippen LogP contribution in [0.4, 0.5) is 22.7 Å². The van der Waals surface area contributed by atoms with Gasteiger partial charge in [-0.3, -0.25) is 0 Å². The summed E-state index contributed by atoms with van der Waals surface area (Å²) in [5.74, 6) is 0. The van der Waals surface area contributed by atoms with Crippen LogP contribution in [-0.2, 0) is 10.8 Å². The molecule has 9 rings (SSSR count). The number of unbranched alkanes of at least 4 members (excludes halogenated alkanes) is 2. The fourth-order valence-electron chi connectivity index (χ4n) is 10.4. The van der Waals surface area contributed by atoms with Crippen LogP contribution < -0.4 is 33.0 Å². The van der Waals surface area contributed by atoms with Crippen LogP contribution in [0.1, 0.15) is 91.2 Å². The van der Waals surface area contributed by atoms with Gasteiger partial charge in [-0.25, -0.2) is 18.6 Å². The van der Waals surface area contributed by atoms with Gasteiger partial charge in [-0.05, 0) is 82.6 Å². The Morgan fingerprint density at radius 1 is 0.508 bits per heavy atom. The Hall–Kier alpha value is -5.80. The van der Waals surface area contributed by atoms with Crippen molar-refractivity contribution in [3.63, 3.8) is 0 Å². The number of fused-ring (bicyclic) bond motifs is 6. The predicted octanol–water partition coefficient (Wildman–Crippen LogP) is 10.1. The number of anilines is 2. The molecule has 0 unspecified atom stereocenters. The van der Waals surface area contributed by atoms with Crippen molar-refractivity contribution in [2.24, 2.45) is 0 Å². The first kappa shape index (κ1) is 45.8. The SMILES string of the molecule is CCCCN1/C(=C\C=C2\CC/C(=C\C=C3/N(CCCC)c4ccc5ccccc5c4C3(C)C)C2=[N+](c2ccccc2)c2ccccc2)C(C)(C)c2c1ccc1ccccc21.[O-][Cl+3]([O-])([O-])[O-]. The van der Waals surface area contributed by atoms with E-state index in [1.807, 2.05) is 0 Å². The number of hydrogen-bond acceptors (Lipinski definition) is 6. The van der Waals surface area contributed by atoms with Crippen LogP contribution >= 0.6 is 0 Å². The Morgan fingerprint density at radius 2 is 0.877 bits per heavy atom. The average molecular weight is 887 g/mol. The first-order valence-corrected chi connectivity index (χ1v) is 24.3. The molecule has 65 heavy (non-hydrogen) atoms. The largest absolute Gasteiger partial charge is 0.344 e. The zero-order valence-electron chi connectivity index (χ0n) is 38.5. The normalized spacial score (nSPS) is 18.8. The molecule has 0 aromatic heterocycles. The fraction of sp³-hybridized carbons (Fsp3) is 0.281. The van der Waals surface area contributed by atoms with E-state index in [0.717, 1.165) is 51.6 Å². The van der Waals surface area contributed by atoms with E-state index in [-0.39, 0.29) is 10.8 Å². The molecule has 0 atom stereocenters. The quantitative estimate of drug-likeness (QED) is 0.127. The van der Waals surface area contributed by atoms with Crippen molar-refractivity contribution in [3.8, 4) is 0 Å². The first-order chi connectivity index (χ1) is 31.2. The van der Waals surface area contributed by atoms with Crippen molar-refractivity contribution < 1.29 is 28.9 Å². The summed E-state index contributed by atoms with van der Waals surface area (Å²) in [7, 11) is -4.94. The van der Waals surface area contributed by atoms with Crippen molar-refractivity contribution in [1.29, 1.82) is 0 Å². The number of halogens is 1. The monoisotopic (exact) mass is 885 g/mol. The van der Waals surface area contributed by atoms with Crippen molar-refractivity contribution in [3.05, 3.63) is 191 Å². The molecule has 0 bridgehead atoms. The molecule has 1 fully saturated rings. The van der Waals surface area contributed by atoms with Gasteiger partial charge in [0.15, 0.2) is 0 Å². The first-order valence-electron chi connectivity index (χ1n) is 23.1. The van der Waals surface area contributed by atoms with E-state index in [0.29, 0.717) is 0 Å². The van der Waals surface area contributed by atoms with Crippen molar-refractivity contribution in [1.82, 2.24) is 4.58 Å².